The molecule has 0 atom stereocenters. The molecule has 8 heteroatoms. The second-order valence-corrected chi connectivity index (χ2v) is 6.18. The van der Waals surface area contributed by atoms with E-state index < -0.39 is 11.5 Å². The van der Waals surface area contributed by atoms with Crippen molar-refractivity contribution in [3.05, 3.63) is 76.1 Å². The molecule has 3 aromatic heterocycles. The van der Waals surface area contributed by atoms with Crippen molar-refractivity contribution < 1.29 is 4.79 Å². The van der Waals surface area contributed by atoms with Gasteiger partial charge < -0.3 is 5.32 Å². The zero-order valence-corrected chi connectivity index (χ0v) is 14.7. The predicted octanol–water partition coefficient (Wildman–Crippen LogP) is 2.35. The predicted molar refractivity (Wildman–Crippen MR) is 101 cm³/mol. The molecule has 4 rings (SSSR count). The summed E-state index contributed by atoms with van der Waals surface area (Å²) in [5.74, 6) is -0.262. The summed E-state index contributed by atoms with van der Waals surface area (Å²) in [6.07, 6.45) is 4.50. The third kappa shape index (κ3) is 2.97. The van der Waals surface area contributed by atoms with Gasteiger partial charge in [-0.2, -0.15) is 14.6 Å². The molecule has 0 aliphatic rings. The Labute approximate surface area is 153 Å². The second kappa shape index (κ2) is 6.49. The lowest BCUT2D eigenvalue weighted by molar-refractivity contribution is 0.102. The van der Waals surface area contributed by atoms with Gasteiger partial charge in [-0.1, -0.05) is 17.7 Å². The van der Waals surface area contributed by atoms with Crippen LogP contribution < -0.4 is 10.9 Å². The van der Waals surface area contributed by atoms with E-state index in [1.165, 1.54) is 10.8 Å². The number of rotatable bonds is 3. The Bertz CT molecular complexity index is 1210. The van der Waals surface area contributed by atoms with Gasteiger partial charge in [0.1, 0.15) is 11.9 Å². The first-order chi connectivity index (χ1) is 13.0. The van der Waals surface area contributed by atoms with Gasteiger partial charge in [0.15, 0.2) is 0 Å². The molecule has 0 fully saturated rings. The normalized spacial score (nSPS) is 10.9. The topological polar surface area (TPSA) is 105 Å². The minimum atomic E-state index is -0.537. The third-order valence-electron chi connectivity index (χ3n) is 4.26. The number of aromatic amines is 1. The van der Waals surface area contributed by atoms with Crippen molar-refractivity contribution in [1.82, 2.24) is 24.6 Å². The molecule has 0 unspecified atom stereocenters. The Morgan fingerprint density at radius 1 is 1.15 bits per heavy atom. The average molecular weight is 360 g/mol. The van der Waals surface area contributed by atoms with Crippen LogP contribution in [0, 0.1) is 13.8 Å². The molecule has 0 saturated heterocycles. The standard InChI is InChI=1S/C19H16N6O2/c1-11-3-4-14(12(2)9-11)23-17(26)15-16(13-5-7-20-8-6-13)25-19(21-10-22-25)24-18(15)27/h3-10H,1-2H3,(H,23,26)(H,21,22,24,27). The van der Waals surface area contributed by atoms with E-state index in [0.29, 0.717) is 16.9 Å². The minimum absolute atomic E-state index is 0.0424. The Kier molecular flexibility index (Phi) is 4.00. The van der Waals surface area contributed by atoms with Crippen molar-refractivity contribution in [2.45, 2.75) is 13.8 Å². The van der Waals surface area contributed by atoms with Gasteiger partial charge in [-0.05, 0) is 37.6 Å². The number of carbonyl (C=O) groups excluding carboxylic acids is 1. The molecule has 0 bridgehead atoms. The van der Waals surface area contributed by atoms with Gasteiger partial charge in [-0.25, -0.2) is 0 Å². The summed E-state index contributed by atoms with van der Waals surface area (Å²) in [6, 6.07) is 9.10. The molecule has 0 aliphatic heterocycles. The minimum Gasteiger partial charge on any atom is -0.322 e. The van der Waals surface area contributed by atoms with Crippen molar-refractivity contribution in [2.24, 2.45) is 0 Å². The van der Waals surface area contributed by atoms with E-state index in [1.54, 1.807) is 24.5 Å². The molecule has 0 aliphatic carbocycles. The number of hydrogen-bond donors (Lipinski definition) is 2. The number of anilines is 1. The molecule has 3 heterocycles. The number of carbonyl (C=O) groups is 1. The van der Waals surface area contributed by atoms with E-state index in [-0.39, 0.29) is 11.3 Å². The van der Waals surface area contributed by atoms with Gasteiger partial charge >= 0.3 is 0 Å². The highest BCUT2D eigenvalue weighted by molar-refractivity contribution is 6.08. The van der Waals surface area contributed by atoms with E-state index in [9.17, 15) is 9.59 Å². The van der Waals surface area contributed by atoms with Crippen LogP contribution in [0.3, 0.4) is 0 Å². The van der Waals surface area contributed by atoms with Crippen LogP contribution in [0.5, 0.6) is 0 Å². The van der Waals surface area contributed by atoms with E-state index in [4.69, 9.17) is 0 Å². The maximum absolute atomic E-state index is 13.0. The first-order valence-corrected chi connectivity index (χ1v) is 8.29. The summed E-state index contributed by atoms with van der Waals surface area (Å²) < 4.78 is 1.44. The number of nitrogens with zero attached hydrogens (tertiary/aromatic N) is 4. The second-order valence-electron chi connectivity index (χ2n) is 6.18. The number of fused-ring (bicyclic) bond motifs is 1. The van der Waals surface area contributed by atoms with Gasteiger partial charge in [0, 0.05) is 23.6 Å². The van der Waals surface area contributed by atoms with E-state index >= 15 is 0 Å². The molecular formula is C19H16N6O2. The van der Waals surface area contributed by atoms with Crippen LogP contribution in [-0.4, -0.2) is 30.5 Å². The number of benzene rings is 1. The molecule has 0 radical (unpaired) electrons. The van der Waals surface area contributed by atoms with Gasteiger partial charge in [0.25, 0.3) is 11.5 Å². The molecule has 1 aromatic carbocycles. The third-order valence-corrected chi connectivity index (χ3v) is 4.26. The number of hydrogen-bond acceptors (Lipinski definition) is 5. The zero-order valence-electron chi connectivity index (χ0n) is 14.7. The SMILES string of the molecule is Cc1ccc(NC(=O)c2c(-c3ccncc3)n3ncnc3[nH]c2=O)c(C)c1. The van der Waals surface area contributed by atoms with Crippen LogP contribution in [0.25, 0.3) is 17.0 Å². The zero-order chi connectivity index (χ0) is 19.0. The average Bonchev–Trinajstić information content (AvgIpc) is 3.11. The van der Waals surface area contributed by atoms with Gasteiger partial charge in [0.05, 0.1) is 5.69 Å². The van der Waals surface area contributed by atoms with Crippen LogP contribution >= 0.6 is 0 Å². The fourth-order valence-electron chi connectivity index (χ4n) is 2.99. The number of nitrogens with one attached hydrogen (secondary N) is 2. The van der Waals surface area contributed by atoms with E-state index in [0.717, 1.165) is 11.1 Å². The molecular weight excluding hydrogens is 344 g/mol. The van der Waals surface area contributed by atoms with Gasteiger partial charge in [0.2, 0.25) is 5.78 Å². The lowest BCUT2D eigenvalue weighted by atomic mass is 10.1. The van der Waals surface area contributed by atoms with Crippen molar-refractivity contribution in [3.8, 4) is 11.3 Å². The lowest BCUT2D eigenvalue weighted by Crippen LogP contribution is -2.27. The first-order valence-electron chi connectivity index (χ1n) is 8.29. The van der Waals surface area contributed by atoms with Crippen LogP contribution in [0.4, 0.5) is 5.69 Å². The van der Waals surface area contributed by atoms with Crippen LogP contribution in [0.1, 0.15) is 21.5 Å². The summed E-state index contributed by atoms with van der Waals surface area (Å²) in [4.78, 5) is 36.3. The molecule has 1 amide bonds. The maximum Gasteiger partial charge on any atom is 0.265 e. The highest BCUT2D eigenvalue weighted by Crippen LogP contribution is 2.23. The fraction of sp³-hybridized carbons (Fsp3) is 0.105. The maximum atomic E-state index is 13.0. The fourth-order valence-corrected chi connectivity index (χ4v) is 2.99. The van der Waals surface area contributed by atoms with Crippen molar-refractivity contribution in [2.75, 3.05) is 5.32 Å². The number of aromatic nitrogens is 5. The summed E-state index contributed by atoms with van der Waals surface area (Å²) in [7, 11) is 0. The van der Waals surface area contributed by atoms with Crippen molar-refractivity contribution >= 4 is 17.4 Å². The van der Waals surface area contributed by atoms with Crippen LogP contribution in [0.15, 0.2) is 53.8 Å². The Balaban J connectivity index is 1.89. The largest absolute Gasteiger partial charge is 0.322 e. The van der Waals surface area contributed by atoms with Crippen molar-refractivity contribution in [3.63, 3.8) is 0 Å². The number of H-pyrrole nitrogens is 1. The van der Waals surface area contributed by atoms with Crippen LogP contribution in [0.2, 0.25) is 0 Å². The number of pyridine rings is 1. The smallest absolute Gasteiger partial charge is 0.265 e. The Morgan fingerprint density at radius 2 is 1.93 bits per heavy atom. The summed E-state index contributed by atoms with van der Waals surface area (Å²) >= 11 is 0. The molecule has 134 valence electrons. The Hall–Kier alpha value is -3.81. The summed E-state index contributed by atoms with van der Waals surface area (Å²) in [6.45, 7) is 3.88. The van der Waals surface area contributed by atoms with E-state index in [2.05, 4.69) is 25.4 Å². The highest BCUT2D eigenvalue weighted by atomic mass is 16.2. The Morgan fingerprint density at radius 3 is 2.67 bits per heavy atom. The molecule has 0 spiro atoms. The lowest BCUT2D eigenvalue weighted by Gasteiger charge is -2.12. The molecule has 0 saturated carbocycles. The van der Waals surface area contributed by atoms with Gasteiger partial charge in [-0.3, -0.25) is 19.6 Å². The summed E-state index contributed by atoms with van der Waals surface area (Å²) in [5, 5.41) is 6.98. The van der Waals surface area contributed by atoms with E-state index in [1.807, 2.05) is 32.0 Å². The molecule has 8 nitrogen and oxygen atoms in total. The molecule has 27 heavy (non-hydrogen) atoms. The van der Waals surface area contributed by atoms with Crippen LogP contribution in [-0.2, 0) is 0 Å². The quantitative estimate of drug-likeness (QED) is 0.583. The molecule has 4 aromatic rings. The number of aryl methyl sites for hydroxylation is 2. The van der Waals surface area contributed by atoms with Crippen molar-refractivity contribution in [1.29, 1.82) is 0 Å². The first kappa shape index (κ1) is 16.6. The number of amides is 1. The summed E-state index contributed by atoms with van der Waals surface area (Å²) in [5.41, 5.74) is 3.05. The monoisotopic (exact) mass is 360 g/mol. The highest BCUT2D eigenvalue weighted by Gasteiger charge is 2.22. The van der Waals surface area contributed by atoms with Gasteiger partial charge in [-0.15, -0.1) is 0 Å². The molecule has 2 N–H and O–H groups in total.